The van der Waals surface area contributed by atoms with Gasteiger partial charge in [-0.1, -0.05) is 13.3 Å². The van der Waals surface area contributed by atoms with Gasteiger partial charge in [0.15, 0.2) is 0 Å². The lowest BCUT2D eigenvalue weighted by molar-refractivity contribution is -0.147. The Hall–Kier alpha value is -1.59. The van der Waals surface area contributed by atoms with Crippen LogP contribution in [0.3, 0.4) is 0 Å². The maximum Gasteiger partial charge on any atom is 0.256 e. The number of carbonyl (C=O) groups is 1. The fraction of sp³-hybridized carbons (Fsp3) is 0.696. The lowest BCUT2D eigenvalue weighted by atomic mass is 9.78. The summed E-state index contributed by atoms with van der Waals surface area (Å²) in [6, 6.07) is 7.70. The van der Waals surface area contributed by atoms with Crippen LogP contribution in [0.15, 0.2) is 24.3 Å². The number of hydrogen-bond acceptors (Lipinski definition) is 4. The van der Waals surface area contributed by atoms with Crippen LogP contribution in [-0.2, 0) is 9.53 Å². The Balaban J connectivity index is 1.47. The molecule has 1 heterocycles. The molecule has 28 heavy (non-hydrogen) atoms. The van der Waals surface area contributed by atoms with Crippen molar-refractivity contribution in [1.82, 2.24) is 4.90 Å². The summed E-state index contributed by atoms with van der Waals surface area (Å²) in [5, 5.41) is 3.06. The van der Waals surface area contributed by atoms with Gasteiger partial charge in [-0.15, -0.1) is 0 Å². The minimum absolute atomic E-state index is 0.0137. The molecule has 0 bridgehead atoms. The molecule has 0 aromatic heterocycles. The summed E-state index contributed by atoms with van der Waals surface area (Å²) in [5.41, 5.74) is 0.115. The highest BCUT2D eigenvalue weighted by molar-refractivity contribution is 5.97. The van der Waals surface area contributed by atoms with Gasteiger partial charge in [0.25, 0.3) is 5.91 Å². The Bertz CT molecular complexity index is 609. The van der Waals surface area contributed by atoms with Crippen molar-refractivity contribution in [3.63, 3.8) is 0 Å². The van der Waals surface area contributed by atoms with Crippen molar-refractivity contribution in [1.29, 1.82) is 0 Å². The third-order valence-corrected chi connectivity index (χ3v) is 5.99. The number of carbonyl (C=O) groups excluding carboxylic acids is 1. The summed E-state index contributed by atoms with van der Waals surface area (Å²) in [6.07, 6.45) is 7.52. The normalized spacial score (nSPS) is 25.6. The van der Waals surface area contributed by atoms with Gasteiger partial charge >= 0.3 is 0 Å². The Morgan fingerprint density at radius 2 is 1.96 bits per heavy atom. The molecule has 0 radical (unpaired) electrons. The zero-order valence-electron chi connectivity index (χ0n) is 17.5. The van der Waals surface area contributed by atoms with Gasteiger partial charge in [-0.3, -0.25) is 4.79 Å². The van der Waals surface area contributed by atoms with Crippen LogP contribution < -0.4 is 10.1 Å². The molecular formula is C23H36N2O3. The quantitative estimate of drug-likeness (QED) is 0.634. The Morgan fingerprint density at radius 1 is 1.21 bits per heavy atom. The van der Waals surface area contributed by atoms with Gasteiger partial charge in [0.05, 0.1) is 6.61 Å². The molecule has 0 unspecified atom stereocenters. The third-order valence-electron chi connectivity index (χ3n) is 5.99. The SMILES string of the molecule is CCO[C@]1(C(=O)Nc2ccc(OCCCN3CCCC3)cc2)CCC[C@H](C)C1. The van der Waals surface area contributed by atoms with Crippen LogP contribution in [0.2, 0.25) is 0 Å². The molecule has 2 aliphatic rings. The number of nitrogens with zero attached hydrogens (tertiary/aromatic N) is 1. The van der Waals surface area contributed by atoms with E-state index in [0.717, 1.165) is 50.3 Å². The molecule has 2 atom stereocenters. The van der Waals surface area contributed by atoms with E-state index in [2.05, 4.69) is 17.1 Å². The average molecular weight is 389 g/mol. The Kier molecular flexibility index (Phi) is 7.74. The molecule has 2 fully saturated rings. The van der Waals surface area contributed by atoms with Crippen molar-refractivity contribution in [3.8, 4) is 5.75 Å². The summed E-state index contributed by atoms with van der Waals surface area (Å²) in [7, 11) is 0. The molecular weight excluding hydrogens is 352 g/mol. The topological polar surface area (TPSA) is 50.8 Å². The van der Waals surface area contributed by atoms with E-state index in [1.807, 2.05) is 31.2 Å². The average Bonchev–Trinajstić information content (AvgIpc) is 3.20. The molecule has 156 valence electrons. The number of anilines is 1. The molecule has 1 saturated heterocycles. The lowest BCUT2D eigenvalue weighted by Crippen LogP contribution is -2.48. The molecule has 1 aliphatic carbocycles. The molecule has 1 amide bonds. The number of rotatable bonds is 9. The number of benzene rings is 1. The summed E-state index contributed by atoms with van der Waals surface area (Å²) in [6.45, 7) is 9.04. The van der Waals surface area contributed by atoms with Crippen molar-refractivity contribution in [3.05, 3.63) is 24.3 Å². The van der Waals surface area contributed by atoms with Gasteiger partial charge in [-0.25, -0.2) is 0 Å². The molecule has 1 N–H and O–H groups in total. The van der Waals surface area contributed by atoms with Crippen LogP contribution in [0, 0.1) is 5.92 Å². The number of ether oxygens (including phenoxy) is 2. The van der Waals surface area contributed by atoms with Crippen LogP contribution in [0.5, 0.6) is 5.75 Å². The standard InChI is InChI=1S/C23H36N2O3/c1-3-28-23(13-6-8-19(2)18-23)22(26)24-20-9-11-21(12-10-20)27-17-7-16-25-14-4-5-15-25/h9-12,19H,3-8,13-18H2,1-2H3,(H,24,26)/t19-,23+/m0/s1. The van der Waals surface area contributed by atoms with Crippen molar-refractivity contribution in [2.45, 2.75) is 64.4 Å². The third kappa shape index (κ3) is 5.71. The van der Waals surface area contributed by atoms with Gasteiger partial charge in [-0.2, -0.15) is 0 Å². The van der Waals surface area contributed by atoms with Crippen LogP contribution in [0.1, 0.15) is 58.8 Å². The molecule has 1 aromatic carbocycles. The highest BCUT2D eigenvalue weighted by Crippen LogP contribution is 2.36. The van der Waals surface area contributed by atoms with E-state index < -0.39 is 5.60 Å². The van der Waals surface area contributed by atoms with E-state index in [9.17, 15) is 4.79 Å². The lowest BCUT2D eigenvalue weighted by Gasteiger charge is -2.38. The number of likely N-dealkylation sites (tertiary alicyclic amines) is 1. The van der Waals surface area contributed by atoms with Gasteiger partial charge in [0.2, 0.25) is 0 Å². The minimum atomic E-state index is -0.683. The van der Waals surface area contributed by atoms with Crippen molar-refractivity contribution in [2.75, 3.05) is 38.2 Å². The smallest absolute Gasteiger partial charge is 0.256 e. The molecule has 1 aliphatic heterocycles. The first-order valence-electron chi connectivity index (χ1n) is 11.0. The van der Waals surface area contributed by atoms with Crippen LogP contribution in [-0.4, -0.2) is 49.3 Å². The number of nitrogens with one attached hydrogen (secondary N) is 1. The first-order valence-corrected chi connectivity index (χ1v) is 11.0. The summed E-state index contributed by atoms with van der Waals surface area (Å²) in [4.78, 5) is 15.5. The van der Waals surface area contributed by atoms with E-state index >= 15 is 0 Å². The van der Waals surface area contributed by atoms with Gasteiger partial charge in [-0.05, 0) is 88.7 Å². The van der Waals surface area contributed by atoms with E-state index in [4.69, 9.17) is 9.47 Å². The highest BCUT2D eigenvalue weighted by Gasteiger charge is 2.42. The maximum absolute atomic E-state index is 13.0. The zero-order valence-corrected chi connectivity index (χ0v) is 17.5. The van der Waals surface area contributed by atoms with Crippen molar-refractivity contribution < 1.29 is 14.3 Å². The molecule has 0 spiro atoms. The Morgan fingerprint density at radius 3 is 2.64 bits per heavy atom. The van der Waals surface area contributed by atoms with Crippen LogP contribution in [0.25, 0.3) is 0 Å². The summed E-state index contributed by atoms with van der Waals surface area (Å²) in [5.74, 6) is 1.35. The predicted octanol–water partition coefficient (Wildman–Crippen LogP) is 4.48. The second-order valence-corrected chi connectivity index (χ2v) is 8.36. The minimum Gasteiger partial charge on any atom is -0.494 e. The first-order chi connectivity index (χ1) is 13.6. The Labute approximate surface area is 169 Å². The molecule has 5 heteroatoms. The summed E-state index contributed by atoms with van der Waals surface area (Å²) >= 11 is 0. The maximum atomic E-state index is 13.0. The number of hydrogen-bond donors (Lipinski definition) is 1. The molecule has 1 saturated carbocycles. The van der Waals surface area contributed by atoms with Gasteiger partial charge < -0.3 is 19.7 Å². The largest absolute Gasteiger partial charge is 0.494 e. The van der Waals surface area contributed by atoms with Crippen LogP contribution >= 0.6 is 0 Å². The second kappa shape index (κ2) is 10.3. The molecule has 5 nitrogen and oxygen atoms in total. The molecule has 1 aromatic rings. The summed E-state index contributed by atoms with van der Waals surface area (Å²) < 4.78 is 11.8. The fourth-order valence-electron chi connectivity index (χ4n) is 4.55. The van der Waals surface area contributed by atoms with E-state index in [1.165, 1.54) is 32.4 Å². The fourth-order valence-corrected chi connectivity index (χ4v) is 4.55. The zero-order chi connectivity index (χ0) is 19.8. The van der Waals surface area contributed by atoms with E-state index in [-0.39, 0.29) is 5.91 Å². The van der Waals surface area contributed by atoms with Gasteiger partial charge in [0, 0.05) is 18.8 Å². The van der Waals surface area contributed by atoms with Gasteiger partial charge in [0.1, 0.15) is 11.4 Å². The van der Waals surface area contributed by atoms with E-state index in [1.54, 1.807) is 0 Å². The van der Waals surface area contributed by atoms with E-state index in [0.29, 0.717) is 12.5 Å². The van der Waals surface area contributed by atoms with Crippen LogP contribution in [0.4, 0.5) is 5.69 Å². The monoisotopic (exact) mass is 388 g/mol. The molecule has 3 rings (SSSR count). The number of amides is 1. The second-order valence-electron chi connectivity index (χ2n) is 8.36. The van der Waals surface area contributed by atoms with Crippen molar-refractivity contribution >= 4 is 11.6 Å². The predicted molar refractivity (Wildman–Crippen MR) is 113 cm³/mol. The first kappa shape index (κ1) is 21.1. The van der Waals surface area contributed by atoms with Crippen molar-refractivity contribution in [2.24, 2.45) is 5.92 Å². The highest BCUT2D eigenvalue weighted by atomic mass is 16.5.